The van der Waals surface area contributed by atoms with Crippen molar-refractivity contribution in [1.82, 2.24) is 30.0 Å². The van der Waals surface area contributed by atoms with Crippen molar-refractivity contribution in [1.29, 1.82) is 0 Å². The largest absolute Gasteiger partial charge is 0.368 e. The zero-order valence-corrected chi connectivity index (χ0v) is 19.9. The molecule has 3 heterocycles. The molecule has 0 aliphatic heterocycles. The zero-order valence-electron chi connectivity index (χ0n) is 18.3. The van der Waals surface area contributed by atoms with Crippen molar-refractivity contribution in [3.05, 3.63) is 53.3 Å². The Balaban J connectivity index is 1.65. The molecule has 0 unspecified atom stereocenters. The quantitative estimate of drug-likeness (QED) is 0.346. The summed E-state index contributed by atoms with van der Waals surface area (Å²) in [6.45, 7) is 3.41. The Labute approximate surface area is 196 Å². The predicted molar refractivity (Wildman–Crippen MR) is 129 cm³/mol. The Kier molecular flexibility index (Phi) is 6.45. The number of likely N-dealkylation sites (N-methyl/N-ethyl adjacent to an activating group) is 1. The van der Waals surface area contributed by atoms with Crippen LogP contribution in [-0.2, 0) is 10.0 Å². The number of fused-ring (bicyclic) bond motifs is 1. The zero-order chi connectivity index (χ0) is 23.6. The summed E-state index contributed by atoms with van der Waals surface area (Å²) in [4.78, 5) is 15.2. The normalized spacial score (nSPS) is 11.8. The number of hydrogen-bond acceptors (Lipinski definition) is 8. The third-order valence-corrected chi connectivity index (χ3v) is 6.43. The lowest BCUT2D eigenvalue weighted by Gasteiger charge is -2.13. The molecule has 172 valence electrons. The summed E-state index contributed by atoms with van der Waals surface area (Å²) in [5.41, 5.74) is 2.25. The van der Waals surface area contributed by atoms with Gasteiger partial charge in [-0.25, -0.2) is 15.0 Å². The van der Waals surface area contributed by atoms with Crippen molar-refractivity contribution in [3.8, 4) is 11.4 Å². The molecule has 10 nitrogen and oxygen atoms in total. The van der Waals surface area contributed by atoms with Gasteiger partial charge in [-0.3, -0.25) is 9.82 Å². The monoisotopic (exact) mass is 486 g/mol. The van der Waals surface area contributed by atoms with Gasteiger partial charge in [0.1, 0.15) is 5.82 Å². The maximum atomic E-state index is 12.6. The minimum absolute atomic E-state index is 0.0954. The highest BCUT2D eigenvalue weighted by molar-refractivity contribution is 7.92. The van der Waals surface area contributed by atoms with Crippen molar-refractivity contribution in [2.24, 2.45) is 0 Å². The number of nitrogens with one attached hydrogen (secondary N) is 3. The van der Waals surface area contributed by atoms with E-state index in [9.17, 15) is 8.42 Å². The van der Waals surface area contributed by atoms with Crippen molar-refractivity contribution < 1.29 is 8.42 Å². The third kappa shape index (κ3) is 5.05. The molecular formula is C21H23ClN8O2S. The fourth-order valence-corrected chi connectivity index (χ4v) is 4.49. The summed E-state index contributed by atoms with van der Waals surface area (Å²) in [7, 11) is 0.127. The van der Waals surface area contributed by atoms with Gasteiger partial charge in [-0.05, 0) is 51.4 Å². The maximum Gasteiger partial charge on any atom is 0.279 e. The van der Waals surface area contributed by atoms with E-state index in [2.05, 4.69) is 40.1 Å². The number of H-pyrrole nitrogens is 1. The average Bonchev–Trinajstić information content (AvgIpc) is 3.16. The second-order valence-electron chi connectivity index (χ2n) is 7.63. The third-order valence-electron chi connectivity index (χ3n) is 4.84. The topological polar surface area (TPSA) is 129 Å². The van der Waals surface area contributed by atoms with Gasteiger partial charge in [0.05, 0.1) is 21.8 Å². The first-order chi connectivity index (χ1) is 15.7. The first kappa shape index (κ1) is 22.9. The molecule has 0 radical (unpaired) electrons. The standard InChI is InChI=1S/C21H23ClN8O2S/c1-13-18-20(24-10-11-30(2)3)25-19(26-21(18)28-27-13)14-7-8-16(15(22)12-14)29-33(31,32)17-6-4-5-9-23-17/h4-9,12,29H,10-11H2,1-3H3,(H2,24,25,26,27,28). The molecule has 0 saturated carbocycles. The summed E-state index contributed by atoms with van der Waals surface area (Å²) in [5.74, 6) is 1.10. The summed E-state index contributed by atoms with van der Waals surface area (Å²) in [6, 6.07) is 9.54. The molecule has 0 amide bonds. The van der Waals surface area contributed by atoms with Crippen LogP contribution in [0.5, 0.6) is 0 Å². The lowest BCUT2D eigenvalue weighted by molar-refractivity contribution is 0.425. The van der Waals surface area contributed by atoms with E-state index in [4.69, 9.17) is 11.6 Å². The number of hydrogen-bond donors (Lipinski definition) is 3. The number of pyridine rings is 1. The van der Waals surface area contributed by atoms with Gasteiger partial charge >= 0.3 is 0 Å². The Morgan fingerprint density at radius 3 is 2.67 bits per heavy atom. The minimum Gasteiger partial charge on any atom is -0.368 e. The highest BCUT2D eigenvalue weighted by Gasteiger charge is 2.18. The predicted octanol–water partition coefficient (Wildman–Crippen LogP) is 3.15. The van der Waals surface area contributed by atoms with Crippen LogP contribution in [0.25, 0.3) is 22.4 Å². The molecule has 4 rings (SSSR count). The minimum atomic E-state index is -3.87. The number of sulfonamides is 1. The smallest absolute Gasteiger partial charge is 0.279 e. The van der Waals surface area contributed by atoms with Crippen LogP contribution in [0.2, 0.25) is 5.02 Å². The molecule has 0 aliphatic carbocycles. The molecule has 3 aromatic heterocycles. The van der Waals surface area contributed by atoms with E-state index >= 15 is 0 Å². The van der Waals surface area contributed by atoms with Crippen molar-refractivity contribution in [2.45, 2.75) is 11.9 Å². The van der Waals surface area contributed by atoms with Crippen LogP contribution in [0, 0.1) is 6.92 Å². The van der Waals surface area contributed by atoms with Crippen LogP contribution in [0.1, 0.15) is 5.69 Å². The molecule has 3 N–H and O–H groups in total. The molecule has 33 heavy (non-hydrogen) atoms. The van der Waals surface area contributed by atoms with E-state index in [1.54, 1.807) is 30.3 Å². The number of nitrogens with zero attached hydrogens (tertiary/aromatic N) is 5. The summed E-state index contributed by atoms with van der Waals surface area (Å²) >= 11 is 6.41. The first-order valence-corrected chi connectivity index (χ1v) is 12.0. The van der Waals surface area contributed by atoms with Crippen LogP contribution < -0.4 is 10.0 Å². The molecule has 1 aromatic carbocycles. The number of aryl methyl sites for hydroxylation is 1. The number of benzene rings is 1. The number of rotatable bonds is 8. The first-order valence-electron chi connectivity index (χ1n) is 10.1. The Hall–Kier alpha value is -3.28. The van der Waals surface area contributed by atoms with E-state index < -0.39 is 10.0 Å². The molecule has 0 bridgehead atoms. The van der Waals surface area contributed by atoms with E-state index in [0.29, 0.717) is 29.4 Å². The molecular weight excluding hydrogens is 464 g/mol. The number of aromatic amines is 1. The summed E-state index contributed by atoms with van der Waals surface area (Å²) in [6.07, 6.45) is 1.41. The van der Waals surface area contributed by atoms with E-state index in [1.807, 2.05) is 21.0 Å². The Morgan fingerprint density at radius 2 is 1.97 bits per heavy atom. The highest BCUT2D eigenvalue weighted by Crippen LogP contribution is 2.31. The molecule has 0 saturated heterocycles. The van der Waals surface area contributed by atoms with Crippen LogP contribution in [-0.4, -0.2) is 65.7 Å². The van der Waals surface area contributed by atoms with Crippen LogP contribution in [0.4, 0.5) is 11.5 Å². The fourth-order valence-electron chi connectivity index (χ4n) is 3.17. The van der Waals surface area contributed by atoms with Gasteiger partial charge in [0.25, 0.3) is 10.0 Å². The van der Waals surface area contributed by atoms with Crippen LogP contribution >= 0.6 is 11.6 Å². The average molecular weight is 487 g/mol. The lowest BCUT2D eigenvalue weighted by atomic mass is 10.2. The van der Waals surface area contributed by atoms with E-state index in [0.717, 1.165) is 17.6 Å². The molecule has 4 aromatic rings. The molecule has 0 atom stereocenters. The van der Waals surface area contributed by atoms with E-state index in [1.165, 1.54) is 12.3 Å². The van der Waals surface area contributed by atoms with Crippen molar-refractivity contribution >= 4 is 44.2 Å². The van der Waals surface area contributed by atoms with Gasteiger partial charge in [-0.2, -0.15) is 13.5 Å². The number of anilines is 2. The van der Waals surface area contributed by atoms with Gasteiger partial charge in [-0.15, -0.1) is 0 Å². The maximum absolute atomic E-state index is 12.6. The summed E-state index contributed by atoms with van der Waals surface area (Å²) < 4.78 is 27.6. The number of aromatic nitrogens is 5. The molecule has 0 spiro atoms. The highest BCUT2D eigenvalue weighted by atomic mass is 35.5. The van der Waals surface area contributed by atoms with Gasteiger partial charge in [0, 0.05) is 24.8 Å². The molecule has 0 aliphatic rings. The number of halogens is 1. The van der Waals surface area contributed by atoms with Crippen LogP contribution in [0.15, 0.2) is 47.6 Å². The lowest BCUT2D eigenvalue weighted by Crippen LogP contribution is -2.21. The van der Waals surface area contributed by atoms with Crippen molar-refractivity contribution in [3.63, 3.8) is 0 Å². The van der Waals surface area contributed by atoms with Crippen molar-refractivity contribution in [2.75, 3.05) is 37.2 Å². The van der Waals surface area contributed by atoms with Gasteiger partial charge in [0.2, 0.25) is 0 Å². The van der Waals surface area contributed by atoms with Gasteiger partial charge < -0.3 is 10.2 Å². The Morgan fingerprint density at radius 1 is 1.15 bits per heavy atom. The molecule has 12 heteroatoms. The summed E-state index contributed by atoms with van der Waals surface area (Å²) in [5, 5.41) is 11.5. The van der Waals surface area contributed by atoms with E-state index in [-0.39, 0.29) is 15.7 Å². The fraction of sp³-hybridized carbons (Fsp3) is 0.238. The van der Waals surface area contributed by atoms with Gasteiger partial charge in [0.15, 0.2) is 16.5 Å². The molecule has 0 fully saturated rings. The second-order valence-corrected chi connectivity index (χ2v) is 9.66. The second kappa shape index (κ2) is 9.30. The Bertz CT molecular complexity index is 1390. The van der Waals surface area contributed by atoms with Crippen LogP contribution in [0.3, 0.4) is 0 Å². The SMILES string of the molecule is Cc1n[nH]c2nc(-c3ccc(NS(=O)(=O)c4ccccn4)c(Cl)c3)nc(NCCN(C)C)c12. The van der Waals surface area contributed by atoms with Gasteiger partial charge in [-0.1, -0.05) is 17.7 Å².